The molecule has 1 aromatic heterocycles. The van der Waals surface area contributed by atoms with Crippen molar-refractivity contribution in [1.29, 1.82) is 0 Å². The topological polar surface area (TPSA) is 186 Å². The summed E-state index contributed by atoms with van der Waals surface area (Å²) in [6.45, 7) is 0.171. The largest absolute Gasteiger partial charge is 0.511 e. The van der Waals surface area contributed by atoms with E-state index in [-0.39, 0.29) is 42.7 Å². The number of benzene rings is 1. The lowest BCUT2D eigenvalue weighted by atomic mass is 9.60. The fraction of sp³-hybridized carbons (Fsp3) is 0.333. The molecule has 0 fully saturated rings. The van der Waals surface area contributed by atoms with Crippen LogP contribution in [0.5, 0.6) is 5.75 Å². The molecule has 0 radical (unpaired) electrons. The quantitative estimate of drug-likeness (QED) is 0.317. The van der Waals surface area contributed by atoms with E-state index in [2.05, 4.69) is 10.3 Å². The molecule has 0 spiro atoms. The van der Waals surface area contributed by atoms with Crippen LogP contribution in [0.4, 0.5) is 11.4 Å². The van der Waals surface area contributed by atoms with Gasteiger partial charge in [-0.1, -0.05) is 0 Å². The molecule has 11 heteroatoms. The van der Waals surface area contributed by atoms with E-state index in [4.69, 9.17) is 5.73 Å². The number of pyridine rings is 1. The van der Waals surface area contributed by atoms with Gasteiger partial charge < -0.3 is 36.4 Å². The van der Waals surface area contributed by atoms with Crippen molar-refractivity contribution >= 4 is 28.8 Å². The van der Waals surface area contributed by atoms with E-state index in [9.17, 15) is 34.8 Å². The van der Waals surface area contributed by atoms with Crippen LogP contribution in [0.3, 0.4) is 0 Å². The lowest BCUT2D eigenvalue weighted by molar-refractivity contribution is -0.144. The van der Waals surface area contributed by atoms with Gasteiger partial charge in [-0.2, -0.15) is 0 Å². The molecule has 3 aliphatic carbocycles. The zero-order chi connectivity index (χ0) is 27.5. The van der Waals surface area contributed by atoms with Gasteiger partial charge in [0.15, 0.2) is 11.4 Å². The van der Waals surface area contributed by atoms with Crippen molar-refractivity contribution in [3.63, 3.8) is 0 Å². The molecule has 3 aliphatic rings. The highest BCUT2D eigenvalue weighted by molar-refractivity contribution is 6.24. The zero-order valence-electron chi connectivity index (χ0n) is 20.9. The van der Waals surface area contributed by atoms with Crippen LogP contribution >= 0.6 is 0 Å². The van der Waals surface area contributed by atoms with Gasteiger partial charge >= 0.3 is 0 Å². The third-order valence-corrected chi connectivity index (χ3v) is 7.74. The van der Waals surface area contributed by atoms with E-state index in [1.165, 1.54) is 0 Å². The number of anilines is 2. The average Bonchev–Trinajstić information content (AvgIpc) is 2.86. The summed E-state index contributed by atoms with van der Waals surface area (Å²) in [4.78, 5) is 44.7. The van der Waals surface area contributed by atoms with Crippen molar-refractivity contribution in [1.82, 2.24) is 4.98 Å². The SMILES string of the molecule is CN(C)c1cc(CNc2cccnc2)c(O)c2c1C[C@H]1C[C@H]3CC(O)=C(C(N)=O)C(=O)[C@@]3(O)C(O)=C1C2=O. The summed E-state index contributed by atoms with van der Waals surface area (Å²) in [6, 6.07) is 5.35. The number of carbonyl (C=O) groups excluding carboxylic acids is 3. The fourth-order valence-corrected chi connectivity index (χ4v) is 5.92. The number of nitrogens with one attached hydrogen (secondary N) is 1. The van der Waals surface area contributed by atoms with Gasteiger partial charge in [0, 0.05) is 62.2 Å². The molecule has 38 heavy (non-hydrogen) atoms. The number of Topliss-reactive ketones (excluding diaryl/α,β-unsaturated/α-hetero) is 2. The number of hydrogen-bond donors (Lipinski definition) is 6. The number of nitrogens with two attached hydrogens (primary N) is 1. The normalized spacial score (nSPS) is 24.5. The Morgan fingerprint density at radius 1 is 1.24 bits per heavy atom. The molecule has 0 saturated carbocycles. The van der Waals surface area contributed by atoms with Crippen molar-refractivity contribution in [3.05, 3.63) is 69.9 Å². The number of amides is 1. The number of phenols is 1. The number of hydrogen-bond acceptors (Lipinski definition) is 10. The monoisotopic (exact) mass is 520 g/mol. The van der Waals surface area contributed by atoms with Crippen molar-refractivity contribution < 1.29 is 34.8 Å². The summed E-state index contributed by atoms with van der Waals surface area (Å²) >= 11 is 0. The number of aliphatic hydroxyl groups excluding tert-OH is 2. The van der Waals surface area contributed by atoms with Crippen LogP contribution in [-0.2, 0) is 22.6 Å². The standard InChI is InChI=1S/C27H28N4O7/c1-31(2)17-8-13(10-30-15-4-3-5-29-11-15)22(33)20-16(17)7-12-6-14-9-18(32)21(26(28)37)25(36)27(14,38)24(35)19(12)23(20)34/h3-5,8,11-12,14,30,32-33,35,38H,6-7,9-10H2,1-2H3,(H2,28,37)/t12-,14+,27+/m1/s1. The van der Waals surface area contributed by atoms with Crippen LogP contribution in [0.25, 0.3) is 0 Å². The zero-order valence-corrected chi connectivity index (χ0v) is 20.9. The maximum Gasteiger partial charge on any atom is 0.255 e. The number of aromatic hydroxyl groups is 1. The lowest BCUT2D eigenvalue weighted by Crippen LogP contribution is -2.57. The highest BCUT2D eigenvalue weighted by Crippen LogP contribution is 2.52. The summed E-state index contributed by atoms with van der Waals surface area (Å²) in [5.41, 5.74) is 4.07. The number of phenolic OH excluding ortho intramolecular Hbond substituents is 1. The van der Waals surface area contributed by atoms with Gasteiger partial charge in [0.25, 0.3) is 5.91 Å². The van der Waals surface area contributed by atoms with Gasteiger partial charge in [-0.25, -0.2) is 0 Å². The van der Waals surface area contributed by atoms with Crippen LogP contribution in [0, 0.1) is 11.8 Å². The first-order chi connectivity index (χ1) is 18.0. The number of allylic oxidation sites excluding steroid dienone is 2. The minimum atomic E-state index is -2.59. The second-order valence-corrected chi connectivity index (χ2v) is 10.2. The molecule has 2 aromatic rings. The third-order valence-electron chi connectivity index (χ3n) is 7.74. The average molecular weight is 521 g/mol. The summed E-state index contributed by atoms with van der Waals surface area (Å²) in [5, 5.41) is 47.3. The van der Waals surface area contributed by atoms with E-state index in [0.29, 0.717) is 22.5 Å². The second kappa shape index (κ2) is 8.88. The van der Waals surface area contributed by atoms with Gasteiger partial charge in [-0.15, -0.1) is 0 Å². The molecule has 0 aliphatic heterocycles. The first-order valence-electron chi connectivity index (χ1n) is 12.1. The number of primary amides is 1. The second-order valence-electron chi connectivity index (χ2n) is 10.2. The van der Waals surface area contributed by atoms with Crippen LogP contribution < -0.4 is 16.0 Å². The molecule has 7 N–H and O–H groups in total. The number of aromatic nitrogens is 1. The van der Waals surface area contributed by atoms with Gasteiger partial charge in [0.1, 0.15) is 22.8 Å². The van der Waals surface area contributed by atoms with E-state index in [0.717, 1.165) is 0 Å². The van der Waals surface area contributed by atoms with Crippen LogP contribution in [0.1, 0.15) is 34.3 Å². The molecule has 1 amide bonds. The van der Waals surface area contributed by atoms with Crippen LogP contribution in [0.2, 0.25) is 0 Å². The van der Waals surface area contributed by atoms with Gasteiger partial charge in [-0.3, -0.25) is 19.4 Å². The first-order valence-corrected chi connectivity index (χ1v) is 12.1. The number of rotatable bonds is 5. The molecule has 1 heterocycles. The van der Waals surface area contributed by atoms with Crippen molar-refractivity contribution in [2.75, 3.05) is 24.3 Å². The Bertz CT molecular complexity index is 1450. The molecular weight excluding hydrogens is 492 g/mol. The molecule has 0 bridgehead atoms. The third kappa shape index (κ3) is 3.61. The first kappa shape index (κ1) is 25.3. The fourth-order valence-electron chi connectivity index (χ4n) is 5.92. The molecule has 11 nitrogen and oxygen atoms in total. The minimum Gasteiger partial charge on any atom is -0.511 e. The summed E-state index contributed by atoms with van der Waals surface area (Å²) in [6.07, 6.45) is 3.31. The number of aliphatic hydroxyl groups is 3. The maximum atomic E-state index is 13.9. The van der Waals surface area contributed by atoms with Gasteiger partial charge in [-0.05, 0) is 42.5 Å². The maximum absolute atomic E-state index is 13.9. The van der Waals surface area contributed by atoms with E-state index < -0.39 is 52.0 Å². The molecule has 198 valence electrons. The Kier molecular flexibility index (Phi) is 5.90. The van der Waals surface area contributed by atoms with Crippen LogP contribution in [0.15, 0.2) is 53.3 Å². The van der Waals surface area contributed by atoms with Crippen molar-refractivity contribution in [3.8, 4) is 5.75 Å². The van der Waals surface area contributed by atoms with E-state index >= 15 is 0 Å². The molecule has 0 saturated heterocycles. The molecule has 1 aromatic carbocycles. The number of fused-ring (bicyclic) bond motifs is 3. The summed E-state index contributed by atoms with van der Waals surface area (Å²) in [7, 11) is 3.62. The Hall–Kier alpha value is -4.38. The predicted octanol–water partition coefficient (Wildman–Crippen LogP) is 1.65. The van der Waals surface area contributed by atoms with E-state index in [1.54, 1.807) is 30.6 Å². The predicted molar refractivity (Wildman–Crippen MR) is 137 cm³/mol. The van der Waals surface area contributed by atoms with Crippen molar-refractivity contribution in [2.24, 2.45) is 17.6 Å². The summed E-state index contributed by atoms with van der Waals surface area (Å²) < 4.78 is 0. The Balaban J connectivity index is 1.62. The highest BCUT2D eigenvalue weighted by Gasteiger charge is 2.59. The van der Waals surface area contributed by atoms with Gasteiger partial charge in [0.2, 0.25) is 5.78 Å². The van der Waals surface area contributed by atoms with Gasteiger partial charge in [0.05, 0.1) is 11.3 Å². The Labute approximate surface area is 217 Å². The number of nitrogens with zero attached hydrogens (tertiary/aromatic N) is 2. The molecule has 0 unspecified atom stereocenters. The van der Waals surface area contributed by atoms with Crippen LogP contribution in [-0.4, -0.2) is 62.6 Å². The molecule has 5 rings (SSSR count). The van der Waals surface area contributed by atoms with Crippen molar-refractivity contribution in [2.45, 2.75) is 31.4 Å². The smallest absolute Gasteiger partial charge is 0.255 e. The lowest BCUT2D eigenvalue weighted by Gasteiger charge is -2.46. The highest BCUT2D eigenvalue weighted by atomic mass is 16.3. The molecular formula is C27H28N4O7. The summed E-state index contributed by atoms with van der Waals surface area (Å²) in [5.74, 6) is -6.44. The Morgan fingerprint density at radius 3 is 2.61 bits per heavy atom. The molecule has 3 atom stereocenters. The van der Waals surface area contributed by atoms with E-state index in [1.807, 2.05) is 19.0 Å². The number of carbonyl (C=O) groups is 3. The number of ketones is 2. The Morgan fingerprint density at radius 2 is 1.97 bits per heavy atom. The minimum absolute atomic E-state index is 0.0178.